The SMILES string of the molecule is O=C(c1cc2ccccc2o1)N1CCC(Cn2cnc(C3CC3)cc2=O)CC1. The van der Waals surface area contributed by atoms with E-state index in [9.17, 15) is 9.59 Å². The third-order valence-corrected chi connectivity index (χ3v) is 5.89. The van der Waals surface area contributed by atoms with E-state index in [2.05, 4.69) is 4.98 Å². The van der Waals surface area contributed by atoms with Gasteiger partial charge in [-0.1, -0.05) is 18.2 Å². The summed E-state index contributed by atoms with van der Waals surface area (Å²) in [5.74, 6) is 1.22. The summed E-state index contributed by atoms with van der Waals surface area (Å²) in [4.78, 5) is 31.4. The van der Waals surface area contributed by atoms with Gasteiger partial charge in [0, 0.05) is 37.0 Å². The summed E-state index contributed by atoms with van der Waals surface area (Å²) < 4.78 is 7.43. The van der Waals surface area contributed by atoms with Crippen LogP contribution in [0.2, 0.25) is 0 Å². The molecule has 3 aromatic rings. The van der Waals surface area contributed by atoms with Gasteiger partial charge in [0.05, 0.1) is 12.0 Å². The van der Waals surface area contributed by atoms with Crippen LogP contribution in [-0.2, 0) is 6.54 Å². The number of nitrogens with zero attached hydrogens (tertiary/aromatic N) is 3. The van der Waals surface area contributed by atoms with Crippen molar-refractivity contribution in [2.24, 2.45) is 5.92 Å². The Kier molecular flexibility index (Phi) is 4.26. The zero-order valence-electron chi connectivity index (χ0n) is 15.7. The van der Waals surface area contributed by atoms with Crippen molar-refractivity contribution < 1.29 is 9.21 Å². The molecule has 1 saturated carbocycles. The third kappa shape index (κ3) is 3.35. The van der Waals surface area contributed by atoms with Crippen molar-refractivity contribution in [1.29, 1.82) is 0 Å². The number of benzene rings is 1. The van der Waals surface area contributed by atoms with E-state index in [0.29, 0.717) is 37.2 Å². The van der Waals surface area contributed by atoms with Crippen molar-refractivity contribution >= 4 is 16.9 Å². The first-order chi connectivity index (χ1) is 13.7. The maximum Gasteiger partial charge on any atom is 0.289 e. The maximum atomic E-state index is 12.8. The number of aromatic nitrogens is 2. The molecular formula is C22H23N3O3. The summed E-state index contributed by atoms with van der Waals surface area (Å²) in [7, 11) is 0. The van der Waals surface area contributed by atoms with E-state index < -0.39 is 0 Å². The number of furan rings is 1. The van der Waals surface area contributed by atoms with E-state index in [1.807, 2.05) is 35.2 Å². The van der Waals surface area contributed by atoms with Crippen LogP contribution in [0.5, 0.6) is 0 Å². The van der Waals surface area contributed by atoms with Crippen molar-refractivity contribution in [3.8, 4) is 0 Å². The van der Waals surface area contributed by atoms with Gasteiger partial charge in [0.2, 0.25) is 0 Å². The van der Waals surface area contributed by atoms with Crippen molar-refractivity contribution in [2.75, 3.05) is 13.1 Å². The fourth-order valence-corrected chi connectivity index (χ4v) is 4.02. The second kappa shape index (κ2) is 6.93. The van der Waals surface area contributed by atoms with Crippen LogP contribution >= 0.6 is 0 Å². The van der Waals surface area contributed by atoms with Crippen molar-refractivity contribution in [3.63, 3.8) is 0 Å². The Morgan fingerprint density at radius 2 is 1.89 bits per heavy atom. The van der Waals surface area contributed by atoms with Crippen LogP contribution in [0.1, 0.15) is 47.8 Å². The summed E-state index contributed by atoms with van der Waals surface area (Å²) in [6.07, 6.45) is 5.75. The van der Waals surface area contributed by atoms with Crippen molar-refractivity contribution in [3.05, 3.63) is 64.5 Å². The minimum atomic E-state index is -0.0535. The van der Waals surface area contributed by atoms with Crippen LogP contribution in [0.4, 0.5) is 0 Å². The third-order valence-electron chi connectivity index (χ3n) is 5.89. The summed E-state index contributed by atoms with van der Waals surface area (Å²) in [6, 6.07) is 11.2. The predicted molar refractivity (Wildman–Crippen MR) is 105 cm³/mol. The first kappa shape index (κ1) is 17.2. The number of hydrogen-bond acceptors (Lipinski definition) is 4. The average molecular weight is 377 g/mol. The highest BCUT2D eigenvalue weighted by Crippen LogP contribution is 2.38. The molecule has 0 atom stereocenters. The number of rotatable bonds is 4. The molecule has 0 N–H and O–H groups in total. The highest BCUT2D eigenvalue weighted by molar-refractivity contribution is 5.96. The normalized spacial score (nSPS) is 17.9. The maximum absolute atomic E-state index is 12.8. The van der Waals surface area contributed by atoms with Crippen LogP contribution in [0.15, 0.2) is 51.9 Å². The smallest absolute Gasteiger partial charge is 0.289 e. The van der Waals surface area contributed by atoms with E-state index in [0.717, 1.165) is 42.3 Å². The molecule has 0 bridgehead atoms. The van der Waals surface area contributed by atoms with E-state index in [4.69, 9.17) is 4.42 Å². The van der Waals surface area contributed by atoms with Gasteiger partial charge in [0.25, 0.3) is 11.5 Å². The zero-order valence-corrected chi connectivity index (χ0v) is 15.7. The van der Waals surface area contributed by atoms with E-state index in [1.165, 1.54) is 0 Å². The molecule has 1 saturated heterocycles. The summed E-state index contributed by atoms with van der Waals surface area (Å²) >= 11 is 0. The Bertz CT molecular complexity index is 1040. The second-order valence-corrected chi connectivity index (χ2v) is 7.96. The van der Waals surface area contributed by atoms with Gasteiger partial charge in [-0.05, 0) is 43.7 Å². The molecule has 28 heavy (non-hydrogen) atoms. The predicted octanol–water partition coefficient (Wildman–Crippen LogP) is 3.42. The van der Waals surface area contributed by atoms with Gasteiger partial charge < -0.3 is 9.32 Å². The minimum Gasteiger partial charge on any atom is -0.451 e. The zero-order chi connectivity index (χ0) is 19.1. The minimum absolute atomic E-state index is 0.0395. The lowest BCUT2D eigenvalue weighted by Crippen LogP contribution is -2.40. The van der Waals surface area contributed by atoms with Crippen LogP contribution in [0, 0.1) is 5.92 Å². The van der Waals surface area contributed by atoms with Gasteiger partial charge in [-0.25, -0.2) is 4.98 Å². The monoisotopic (exact) mass is 377 g/mol. The topological polar surface area (TPSA) is 68.3 Å². The van der Waals surface area contributed by atoms with Crippen LogP contribution in [0.25, 0.3) is 11.0 Å². The van der Waals surface area contributed by atoms with Gasteiger partial charge in [0.1, 0.15) is 5.58 Å². The molecule has 6 nitrogen and oxygen atoms in total. The highest BCUT2D eigenvalue weighted by atomic mass is 16.3. The number of amides is 1. The van der Waals surface area contributed by atoms with Crippen LogP contribution < -0.4 is 5.56 Å². The first-order valence-electron chi connectivity index (χ1n) is 10.0. The Labute approximate surface area is 162 Å². The van der Waals surface area contributed by atoms with Gasteiger partial charge in [-0.3, -0.25) is 14.2 Å². The van der Waals surface area contributed by atoms with Crippen LogP contribution in [-0.4, -0.2) is 33.4 Å². The fourth-order valence-electron chi connectivity index (χ4n) is 4.02. The van der Waals surface area contributed by atoms with E-state index >= 15 is 0 Å². The largest absolute Gasteiger partial charge is 0.451 e. The number of fused-ring (bicyclic) bond motifs is 1. The molecule has 2 fully saturated rings. The summed E-state index contributed by atoms with van der Waals surface area (Å²) in [5.41, 5.74) is 1.72. The Morgan fingerprint density at radius 1 is 1.11 bits per heavy atom. The molecule has 1 aliphatic heterocycles. The quantitative estimate of drug-likeness (QED) is 0.699. The van der Waals surface area contributed by atoms with Gasteiger partial charge in [-0.2, -0.15) is 0 Å². The number of hydrogen-bond donors (Lipinski definition) is 0. The first-order valence-corrected chi connectivity index (χ1v) is 10.0. The number of para-hydroxylation sites is 1. The Balaban J connectivity index is 1.21. The Hall–Kier alpha value is -2.89. The summed E-state index contributed by atoms with van der Waals surface area (Å²) in [6.45, 7) is 2.04. The fraction of sp³-hybridized carbons (Fsp3) is 0.409. The molecule has 0 spiro atoms. The molecule has 5 rings (SSSR count). The van der Waals surface area contributed by atoms with E-state index in [-0.39, 0.29) is 11.5 Å². The Morgan fingerprint density at radius 3 is 2.61 bits per heavy atom. The lowest BCUT2D eigenvalue weighted by molar-refractivity contribution is 0.0652. The number of likely N-dealkylation sites (tertiary alicyclic amines) is 1. The number of carbonyl (C=O) groups excluding carboxylic acids is 1. The van der Waals surface area contributed by atoms with Crippen molar-refractivity contribution in [1.82, 2.24) is 14.5 Å². The van der Waals surface area contributed by atoms with Gasteiger partial charge in [0.15, 0.2) is 5.76 Å². The van der Waals surface area contributed by atoms with Gasteiger partial charge in [-0.15, -0.1) is 0 Å². The van der Waals surface area contributed by atoms with Crippen molar-refractivity contribution in [2.45, 2.75) is 38.1 Å². The molecule has 3 heterocycles. The molecule has 2 aliphatic rings. The molecular weight excluding hydrogens is 354 g/mol. The molecule has 1 amide bonds. The van der Waals surface area contributed by atoms with Gasteiger partial charge >= 0.3 is 0 Å². The molecule has 0 unspecified atom stereocenters. The van der Waals surface area contributed by atoms with Crippen LogP contribution in [0.3, 0.4) is 0 Å². The number of piperidine rings is 1. The molecule has 2 aromatic heterocycles. The number of carbonyl (C=O) groups is 1. The second-order valence-electron chi connectivity index (χ2n) is 7.96. The van der Waals surface area contributed by atoms with E-state index in [1.54, 1.807) is 17.0 Å². The molecule has 1 aromatic carbocycles. The molecule has 6 heteroatoms. The molecule has 0 radical (unpaired) electrons. The lowest BCUT2D eigenvalue weighted by Gasteiger charge is -2.31. The summed E-state index contributed by atoms with van der Waals surface area (Å²) in [5, 5.41) is 0.947. The highest BCUT2D eigenvalue weighted by Gasteiger charge is 2.27. The molecule has 1 aliphatic carbocycles. The lowest BCUT2D eigenvalue weighted by atomic mass is 9.96. The standard InChI is InChI=1S/C22H23N3O3/c26-21-12-18(16-5-6-16)23-14-25(21)13-15-7-9-24(10-8-15)22(27)20-11-17-3-1-2-4-19(17)28-20/h1-4,11-12,14-16H,5-10,13H2. The average Bonchev–Trinajstić information content (AvgIpc) is 3.48. The molecule has 144 valence electrons.